The molecule has 2 fully saturated rings. The average molecular weight is 319 g/mol. The Hall–Kier alpha value is -2.06. The maximum atomic E-state index is 12.0. The van der Waals surface area contributed by atoms with Gasteiger partial charge in [-0.25, -0.2) is 20.8 Å². The van der Waals surface area contributed by atoms with Gasteiger partial charge < -0.3 is 10.1 Å². The highest BCUT2D eigenvalue weighted by atomic mass is 16.5. The molecular formula is C15H21N5O3. The zero-order valence-corrected chi connectivity index (χ0v) is 13.4. The lowest BCUT2D eigenvalue weighted by atomic mass is 9.78. The average Bonchev–Trinajstić information content (AvgIpc) is 2.97. The Morgan fingerprint density at radius 2 is 2.17 bits per heavy atom. The number of amides is 1. The van der Waals surface area contributed by atoms with Gasteiger partial charge in [0.25, 0.3) is 0 Å². The molecule has 23 heavy (non-hydrogen) atoms. The van der Waals surface area contributed by atoms with Gasteiger partial charge in [0.05, 0.1) is 13.3 Å². The van der Waals surface area contributed by atoms with E-state index in [0.717, 1.165) is 11.5 Å². The Balaban J connectivity index is 1.96. The van der Waals surface area contributed by atoms with E-state index in [1.54, 1.807) is 6.20 Å². The largest absolute Gasteiger partial charge is 0.468 e. The molecule has 0 radical (unpaired) electrons. The molecule has 1 aromatic heterocycles. The van der Waals surface area contributed by atoms with Crippen molar-refractivity contribution in [1.29, 1.82) is 0 Å². The van der Waals surface area contributed by atoms with Gasteiger partial charge in [0.2, 0.25) is 5.91 Å². The van der Waals surface area contributed by atoms with Gasteiger partial charge >= 0.3 is 5.97 Å². The van der Waals surface area contributed by atoms with Gasteiger partial charge in [0.1, 0.15) is 11.9 Å². The lowest BCUT2D eigenvalue weighted by molar-refractivity contribution is -0.145. The SMILES string of the molecule is COC(=O)C1NNC2NC(=O)CC(c3ccnc(C(C)C)n3)C21. The number of fused-ring (bicyclic) bond motifs is 1. The van der Waals surface area contributed by atoms with Crippen molar-refractivity contribution in [3.05, 3.63) is 23.8 Å². The third kappa shape index (κ3) is 2.91. The van der Waals surface area contributed by atoms with E-state index >= 15 is 0 Å². The van der Waals surface area contributed by atoms with Gasteiger partial charge in [-0.3, -0.25) is 9.59 Å². The number of hydrazine groups is 1. The number of esters is 1. The molecule has 2 aliphatic heterocycles. The molecule has 3 N–H and O–H groups in total. The molecule has 1 aromatic rings. The predicted molar refractivity (Wildman–Crippen MR) is 81.0 cm³/mol. The molecule has 2 aliphatic rings. The quantitative estimate of drug-likeness (QED) is 0.662. The molecule has 0 aliphatic carbocycles. The van der Waals surface area contributed by atoms with Crippen LogP contribution in [0.1, 0.15) is 43.6 Å². The summed E-state index contributed by atoms with van der Waals surface area (Å²) in [5.41, 5.74) is 6.67. The van der Waals surface area contributed by atoms with Crippen LogP contribution in [0.4, 0.5) is 0 Å². The number of aromatic nitrogens is 2. The molecule has 8 heteroatoms. The third-order valence-corrected chi connectivity index (χ3v) is 4.40. The molecular weight excluding hydrogens is 298 g/mol. The minimum Gasteiger partial charge on any atom is -0.468 e. The summed E-state index contributed by atoms with van der Waals surface area (Å²) in [6.45, 7) is 4.04. The fourth-order valence-electron chi connectivity index (χ4n) is 3.25. The third-order valence-electron chi connectivity index (χ3n) is 4.40. The van der Waals surface area contributed by atoms with E-state index in [0.29, 0.717) is 0 Å². The molecule has 4 unspecified atom stereocenters. The summed E-state index contributed by atoms with van der Waals surface area (Å²) in [5.74, 6) is 0.152. The first-order chi connectivity index (χ1) is 11.0. The fourth-order valence-corrected chi connectivity index (χ4v) is 3.25. The van der Waals surface area contributed by atoms with Crippen LogP contribution < -0.4 is 16.2 Å². The lowest BCUT2D eigenvalue weighted by Gasteiger charge is -2.34. The molecule has 8 nitrogen and oxygen atoms in total. The summed E-state index contributed by atoms with van der Waals surface area (Å²) >= 11 is 0. The van der Waals surface area contributed by atoms with Gasteiger partial charge in [-0.15, -0.1) is 0 Å². The van der Waals surface area contributed by atoms with Gasteiger partial charge in [0, 0.05) is 36.1 Å². The number of nitrogens with one attached hydrogen (secondary N) is 3. The van der Waals surface area contributed by atoms with Crippen LogP contribution >= 0.6 is 0 Å². The summed E-state index contributed by atoms with van der Waals surface area (Å²) in [5, 5.41) is 2.86. The van der Waals surface area contributed by atoms with E-state index < -0.39 is 6.04 Å². The minimum absolute atomic E-state index is 0.0687. The van der Waals surface area contributed by atoms with Crippen LogP contribution in [0, 0.1) is 5.92 Å². The monoisotopic (exact) mass is 319 g/mol. The van der Waals surface area contributed by atoms with Crippen molar-refractivity contribution in [1.82, 2.24) is 26.1 Å². The Labute approximate surface area is 134 Å². The van der Waals surface area contributed by atoms with E-state index in [1.165, 1.54) is 7.11 Å². The second-order valence-corrected chi connectivity index (χ2v) is 6.22. The zero-order chi connectivity index (χ0) is 16.6. The Bertz CT molecular complexity index is 621. The van der Waals surface area contributed by atoms with Gasteiger partial charge in [0.15, 0.2) is 0 Å². The highest BCUT2D eigenvalue weighted by Crippen LogP contribution is 2.36. The van der Waals surface area contributed by atoms with Crippen molar-refractivity contribution in [2.45, 2.75) is 44.3 Å². The number of methoxy groups -OCH3 is 1. The van der Waals surface area contributed by atoms with Crippen LogP contribution in [-0.2, 0) is 14.3 Å². The van der Waals surface area contributed by atoms with Crippen LogP contribution in [0.3, 0.4) is 0 Å². The first-order valence-electron chi connectivity index (χ1n) is 7.72. The molecule has 0 saturated carbocycles. The minimum atomic E-state index is -0.534. The van der Waals surface area contributed by atoms with Crippen LogP contribution in [-0.4, -0.2) is 41.2 Å². The van der Waals surface area contributed by atoms with Crippen molar-refractivity contribution in [3.63, 3.8) is 0 Å². The number of ether oxygens (including phenoxy) is 1. The molecule has 3 rings (SSSR count). The molecule has 4 atom stereocenters. The van der Waals surface area contributed by atoms with E-state index in [4.69, 9.17) is 4.74 Å². The van der Waals surface area contributed by atoms with Gasteiger partial charge in [-0.2, -0.15) is 0 Å². The molecule has 1 amide bonds. The summed E-state index contributed by atoms with van der Waals surface area (Å²) in [6.07, 6.45) is 1.66. The first kappa shape index (κ1) is 15.8. The summed E-state index contributed by atoms with van der Waals surface area (Å²) in [4.78, 5) is 32.9. The second kappa shape index (κ2) is 6.21. The molecule has 124 valence electrons. The predicted octanol–water partition coefficient (Wildman–Crippen LogP) is -0.205. The summed E-state index contributed by atoms with van der Waals surface area (Å²) in [6, 6.07) is 1.28. The molecule has 0 bridgehead atoms. The maximum absolute atomic E-state index is 12.0. The number of hydrogen-bond acceptors (Lipinski definition) is 7. The normalized spacial score (nSPS) is 30.0. The number of piperidine rings is 1. The smallest absolute Gasteiger partial charge is 0.324 e. The highest BCUT2D eigenvalue weighted by Gasteiger charge is 2.50. The Morgan fingerprint density at radius 1 is 1.39 bits per heavy atom. The van der Waals surface area contributed by atoms with Crippen molar-refractivity contribution >= 4 is 11.9 Å². The zero-order valence-electron chi connectivity index (χ0n) is 13.4. The number of hydrogen-bond donors (Lipinski definition) is 3. The number of carbonyl (C=O) groups is 2. The lowest BCUT2D eigenvalue weighted by Crippen LogP contribution is -2.53. The number of nitrogens with zero attached hydrogens (tertiary/aromatic N) is 2. The molecule has 0 aromatic carbocycles. The second-order valence-electron chi connectivity index (χ2n) is 6.22. The summed E-state index contributed by atoms with van der Waals surface area (Å²) < 4.78 is 4.87. The summed E-state index contributed by atoms with van der Waals surface area (Å²) in [7, 11) is 1.36. The first-order valence-corrected chi connectivity index (χ1v) is 7.72. The van der Waals surface area contributed by atoms with E-state index in [9.17, 15) is 9.59 Å². The van der Waals surface area contributed by atoms with Crippen molar-refractivity contribution in [2.24, 2.45) is 5.92 Å². The highest BCUT2D eigenvalue weighted by molar-refractivity contribution is 5.81. The van der Waals surface area contributed by atoms with E-state index in [2.05, 4.69) is 26.1 Å². The fraction of sp³-hybridized carbons (Fsp3) is 0.600. The standard InChI is InChI=1S/C15H21N5O3/c1-7(2)13-16-5-4-9(17-13)8-6-10(21)18-14-11(8)12(19-20-14)15(22)23-3/h4-5,7-8,11-12,14,19-20H,6H2,1-3H3,(H,18,21). The van der Waals surface area contributed by atoms with Crippen LogP contribution in [0.25, 0.3) is 0 Å². The van der Waals surface area contributed by atoms with Crippen LogP contribution in [0.15, 0.2) is 12.3 Å². The van der Waals surface area contributed by atoms with E-state index in [-0.39, 0.29) is 42.2 Å². The van der Waals surface area contributed by atoms with Crippen LogP contribution in [0.5, 0.6) is 0 Å². The van der Waals surface area contributed by atoms with Crippen molar-refractivity contribution < 1.29 is 14.3 Å². The van der Waals surface area contributed by atoms with Crippen molar-refractivity contribution in [2.75, 3.05) is 7.11 Å². The maximum Gasteiger partial charge on any atom is 0.324 e. The number of rotatable bonds is 3. The Kier molecular flexibility index (Phi) is 4.27. The van der Waals surface area contributed by atoms with Gasteiger partial charge in [-0.1, -0.05) is 13.8 Å². The topological polar surface area (TPSA) is 105 Å². The Morgan fingerprint density at radius 3 is 2.87 bits per heavy atom. The van der Waals surface area contributed by atoms with Crippen LogP contribution in [0.2, 0.25) is 0 Å². The van der Waals surface area contributed by atoms with Crippen molar-refractivity contribution in [3.8, 4) is 0 Å². The molecule has 3 heterocycles. The van der Waals surface area contributed by atoms with E-state index in [1.807, 2.05) is 19.9 Å². The van der Waals surface area contributed by atoms with Gasteiger partial charge in [-0.05, 0) is 6.07 Å². The molecule has 2 saturated heterocycles. The number of carbonyl (C=O) groups excluding carboxylic acids is 2. The molecule has 0 spiro atoms.